The van der Waals surface area contributed by atoms with E-state index in [1.54, 1.807) is 25.1 Å². The van der Waals surface area contributed by atoms with Gasteiger partial charge in [0.25, 0.3) is 11.1 Å². The first-order chi connectivity index (χ1) is 11.4. The Morgan fingerprint density at radius 3 is 2.75 bits per heavy atom. The lowest BCUT2D eigenvalue weighted by Crippen LogP contribution is -2.35. The largest absolute Gasteiger partial charge is 0.454 e. The van der Waals surface area contributed by atoms with Crippen molar-refractivity contribution >= 4 is 52.1 Å². The summed E-state index contributed by atoms with van der Waals surface area (Å²) in [5, 5.41) is 3.38. The molecule has 130 valence electrons. The molecule has 24 heavy (non-hydrogen) atoms. The van der Waals surface area contributed by atoms with Crippen LogP contribution in [-0.2, 0) is 14.3 Å². The Bertz CT molecular complexity index is 656. The van der Waals surface area contributed by atoms with Crippen molar-refractivity contribution in [1.29, 1.82) is 0 Å². The third kappa shape index (κ3) is 5.29. The van der Waals surface area contributed by atoms with Gasteiger partial charge in [-0.25, -0.2) is 0 Å². The van der Waals surface area contributed by atoms with E-state index >= 15 is 0 Å². The van der Waals surface area contributed by atoms with Crippen molar-refractivity contribution in [3.05, 3.63) is 33.8 Å². The van der Waals surface area contributed by atoms with E-state index in [0.717, 1.165) is 17.3 Å². The standard InChI is InChI=1S/C15H16Cl2N2O4S/c1-9(10-2-3-11(16)12(17)6-10)18-13(20)8-23-14(21)7-19-4-5-24-15(19)22/h2-3,6,9H,4-5,7-8H2,1H3,(H,18,20)/t9-/m0/s1. The number of ether oxygens (including phenoxy) is 1. The maximum atomic E-state index is 11.9. The summed E-state index contributed by atoms with van der Waals surface area (Å²) in [6.45, 7) is 1.75. The molecule has 1 aromatic carbocycles. The lowest BCUT2D eigenvalue weighted by atomic mass is 10.1. The highest BCUT2D eigenvalue weighted by Gasteiger charge is 2.24. The predicted molar refractivity (Wildman–Crippen MR) is 93.4 cm³/mol. The van der Waals surface area contributed by atoms with E-state index in [1.165, 1.54) is 4.90 Å². The smallest absolute Gasteiger partial charge is 0.326 e. The SMILES string of the molecule is C[C@H](NC(=O)COC(=O)CN1CCSC1=O)c1ccc(Cl)c(Cl)c1. The van der Waals surface area contributed by atoms with Crippen LogP contribution in [0.15, 0.2) is 18.2 Å². The second kappa shape index (κ2) is 8.60. The lowest BCUT2D eigenvalue weighted by molar-refractivity contribution is -0.149. The summed E-state index contributed by atoms with van der Waals surface area (Å²) in [5.41, 5.74) is 0.781. The third-order valence-corrected chi connectivity index (χ3v) is 4.98. The fourth-order valence-electron chi connectivity index (χ4n) is 2.07. The summed E-state index contributed by atoms with van der Waals surface area (Å²) in [5.74, 6) is -0.388. The van der Waals surface area contributed by atoms with Crippen LogP contribution in [0.4, 0.5) is 4.79 Å². The molecule has 0 bridgehead atoms. The van der Waals surface area contributed by atoms with Gasteiger partial charge in [-0.05, 0) is 24.6 Å². The Kier molecular flexibility index (Phi) is 6.77. The van der Waals surface area contributed by atoms with E-state index in [1.807, 2.05) is 0 Å². The third-order valence-electron chi connectivity index (χ3n) is 3.35. The van der Waals surface area contributed by atoms with Crippen molar-refractivity contribution in [2.75, 3.05) is 25.4 Å². The number of amides is 2. The van der Waals surface area contributed by atoms with Crippen molar-refractivity contribution in [3.63, 3.8) is 0 Å². The molecule has 1 aromatic rings. The minimum absolute atomic E-state index is 0.137. The van der Waals surface area contributed by atoms with Gasteiger partial charge in [-0.1, -0.05) is 41.0 Å². The van der Waals surface area contributed by atoms with Gasteiger partial charge in [0, 0.05) is 12.3 Å². The molecule has 0 radical (unpaired) electrons. The van der Waals surface area contributed by atoms with E-state index < -0.39 is 18.5 Å². The fraction of sp³-hybridized carbons (Fsp3) is 0.400. The molecule has 1 atom stereocenters. The first kappa shape index (κ1) is 18.9. The van der Waals surface area contributed by atoms with Crippen LogP contribution in [0.3, 0.4) is 0 Å². The maximum Gasteiger partial charge on any atom is 0.326 e. The number of carbonyl (C=O) groups is 3. The van der Waals surface area contributed by atoms with E-state index in [0.29, 0.717) is 22.3 Å². The van der Waals surface area contributed by atoms with Crippen LogP contribution >= 0.6 is 35.0 Å². The molecule has 6 nitrogen and oxygen atoms in total. The first-order valence-corrected chi connectivity index (χ1v) is 8.92. The minimum atomic E-state index is -0.608. The summed E-state index contributed by atoms with van der Waals surface area (Å²) in [4.78, 5) is 36.3. The van der Waals surface area contributed by atoms with E-state index in [9.17, 15) is 14.4 Å². The maximum absolute atomic E-state index is 11.9. The van der Waals surface area contributed by atoms with Crippen LogP contribution < -0.4 is 5.32 Å². The number of benzene rings is 1. The van der Waals surface area contributed by atoms with Gasteiger partial charge < -0.3 is 15.0 Å². The van der Waals surface area contributed by atoms with E-state index in [4.69, 9.17) is 27.9 Å². The molecule has 1 saturated heterocycles. The average Bonchev–Trinajstić information content (AvgIpc) is 2.93. The van der Waals surface area contributed by atoms with Crippen LogP contribution in [0, 0.1) is 0 Å². The van der Waals surface area contributed by atoms with Crippen molar-refractivity contribution in [1.82, 2.24) is 10.2 Å². The molecule has 1 aliphatic rings. The Hall–Kier alpha value is -1.44. The lowest BCUT2D eigenvalue weighted by Gasteiger charge is -2.16. The van der Waals surface area contributed by atoms with Crippen LogP contribution in [0.25, 0.3) is 0 Å². The molecule has 9 heteroatoms. The highest BCUT2D eigenvalue weighted by Crippen LogP contribution is 2.25. The molecule has 0 aliphatic carbocycles. The van der Waals surface area contributed by atoms with Crippen LogP contribution in [0.1, 0.15) is 18.5 Å². The first-order valence-electron chi connectivity index (χ1n) is 7.18. The summed E-state index contributed by atoms with van der Waals surface area (Å²) in [6.07, 6.45) is 0. The molecule has 0 spiro atoms. The number of thioether (sulfide) groups is 1. The van der Waals surface area contributed by atoms with Gasteiger partial charge in [0.05, 0.1) is 16.1 Å². The second-order valence-electron chi connectivity index (χ2n) is 5.16. The monoisotopic (exact) mass is 390 g/mol. The fourth-order valence-corrected chi connectivity index (χ4v) is 3.20. The number of nitrogens with zero attached hydrogens (tertiary/aromatic N) is 1. The van der Waals surface area contributed by atoms with E-state index in [-0.39, 0.29) is 17.8 Å². The molecule has 0 unspecified atom stereocenters. The Labute approximate surface area is 153 Å². The number of esters is 1. The number of halogens is 2. The number of nitrogens with one attached hydrogen (secondary N) is 1. The normalized spacial score (nSPS) is 15.3. The van der Waals surface area contributed by atoms with Crippen LogP contribution in [0.2, 0.25) is 10.0 Å². The number of hydrogen-bond donors (Lipinski definition) is 1. The zero-order valence-electron chi connectivity index (χ0n) is 12.9. The van der Waals surface area contributed by atoms with Gasteiger partial charge in [-0.3, -0.25) is 14.4 Å². The van der Waals surface area contributed by atoms with Gasteiger partial charge in [0.1, 0.15) is 6.54 Å². The zero-order valence-corrected chi connectivity index (χ0v) is 15.2. The minimum Gasteiger partial charge on any atom is -0.454 e. The Morgan fingerprint density at radius 2 is 2.12 bits per heavy atom. The topological polar surface area (TPSA) is 75.7 Å². The molecule has 0 aromatic heterocycles. The summed E-state index contributed by atoms with van der Waals surface area (Å²) in [6, 6.07) is 4.74. The molecule has 1 heterocycles. The Morgan fingerprint density at radius 1 is 1.38 bits per heavy atom. The number of carbonyl (C=O) groups excluding carboxylic acids is 3. The molecular weight excluding hydrogens is 375 g/mol. The van der Waals surface area contributed by atoms with Crippen molar-refractivity contribution < 1.29 is 19.1 Å². The van der Waals surface area contributed by atoms with Crippen molar-refractivity contribution in [2.45, 2.75) is 13.0 Å². The van der Waals surface area contributed by atoms with Crippen LogP contribution in [0.5, 0.6) is 0 Å². The van der Waals surface area contributed by atoms with Crippen molar-refractivity contribution in [3.8, 4) is 0 Å². The van der Waals surface area contributed by atoms with Crippen molar-refractivity contribution in [2.24, 2.45) is 0 Å². The number of rotatable bonds is 6. The molecule has 0 saturated carbocycles. The summed E-state index contributed by atoms with van der Waals surface area (Å²) >= 11 is 13.0. The molecule has 2 rings (SSSR count). The molecule has 1 fully saturated rings. The van der Waals surface area contributed by atoms with Gasteiger partial charge >= 0.3 is 5.97 Å². The molecule has 2 amide bonds. The highest BCUT2D eigenvalue weighted by atomic mass is 35.5. The summed E-state index contributed by atoms with van der Waals surface area (Å²) in [7, 11) is 0. The average molecular weight is 391 g/mol. The number of hydrogen-bond acceptors (Lipinski definition) is 5. The van der Waals surface area contributed by atoms with Crippen LogP contribution in [-0.4, -0.2) is 47.5 Å². The molecule has 1 N–H and O–H groups in total. The zero-order chi connectivity index (χ0) is 17.7. The molecule has 1 aliphatic heterocycles. The predicted octanol–water partition coefficient (Wildman–Crippen LogP) is 2.88. The summed E-state index contributed by atoms with van der Waals surface area (Å²) < 4.78 is 4.89. The highest BCUT2D eigenvalue weighted by molar-refractivity contribution is 8.13. The van der Waals surface area contributed by atoms with E-state index in [2.05, 4.69) is 5.32 Å². The van der Waals surface area contributed by atoms with Gasteiger partial charge in [-0.15, -0.1) is 0 Å². The second-order valence-corrected chi connectivity index (χ2v) is 7.02. The molecular formula is C15H16Cl2N2O4S. The van der Waals surface area contributed by atoms with Gasteiger partial charge in [0.2, 0.25) is 0 Å². The van der Waals surface area contributed by atoms with Gasteiger partial charge in [0.15, 0.2) is 6.61 Å². The Balaban J connectivity index is 1.76. The quantitative estimate of drug-likeness (QED) is 0.755. The van der Waals surface area contributed by atoms with Gasteiger partial charge in [-0.2, -0.15) is 0 Å².